The highest BCUT2D eigenvalue weighted by atomic mass is 16.1. The van der Waals surface area contributed by atoms with Gasteiger partial charge in [-0.15, -0.1) is 0 Å². The van der Waals surface area contributed by atoms with Crippen LogP contribution in [0, 0.1) is 0 Å². The quantitative estimate of drug-likeness (QED) is 0.791. The largest absolute Gasteiger partial charge is 0.372 e. The van der Waals surface area contributed by atoms with Crippen molar-refractivity contribution in [3.63, 3.8) is 0 Å². The minimum absolute atomic E-state index is 0.163. The third-order valence-corrected chi connectivity index (χ3v) is 2.46. The first kappa shape index (κ1) is 12.4. The Balaban J connectivity index is 2.65. The average molecular weight is 222 g/mol. The standard InChI is InChI=1S/C11H18N4O/c1-4-8(5-2)15-11(16)9-6-14-10(12-3)7-13-9/h6-8H,4-5H2,1-3H3,(H,12,14)(H,15,16). The molecule has 0 unspecified atom stereocenters. The van der Waals surface area contributed by atoms with Crippen LogP contribution in [0.1, 0.15) is 37.2 Å². The Morgan fingerprint density at radius 3 is 2.44 bits per heavy atom. The van der Waals surface area contributed by atoms with Crippen molar-refractivity contribution < 1.29 is 4.79 Å². The predicted molar refractivity (Wildman–Crippen MR) is 63.4 cm³/mol. The number of carbonyl (C=O) groups excluding carboxylic acids is 1. The van der Waals surface area contributed by atoms with Gasteiger partial charge in [-0.1, -0.05) is 13.8 Å². The highest BCUT2D eigenvalue weighted by molar-refractivity contribution is 5.92. The molecule has 0 aliphatic carbocycles. The fourth-order valence-electron chi connectivity index (χ4n) is 1.33. The van der Waals surface area contributed by atoms with E-state index in [2.05, 4.69) is 20.6 Å². The number of nitrogens with one attached hydrogen (secondary N) is 2. The summed E-state index contributed by atoms with van der Waals surface area (Å²) in [5.74, 6) is 0.489. The molecule has 0 fully saturated rings. The monoisotopic (exact) mass is 222 g/mol. The molecule has 1 aromatic rings. The molecule has 1 aromatic heterocycles. The molecule has 1 rings (SSSR count). The molecule has 0 aliphatic heterocycles. The van der Waals surface area contributed by atoms with Crippen LogP contribution in [0.5, 0.6) is 0 Å². The van der Waals surface area contributed by atoms with Gasteiger partial charge in [0.15, 0.2) is 0 Å². The molecule has 16 heavy (non-hydrogen) atoms. The number of amides is 1. The van der Waals surface area contributed by atoms with Crippen LogP contribution < -0.4 is 10.6 Å². The highest BCUT2D eigenvalue weighted by Crippen LogP contribution is 2.02. The summed E-state index contributed by atoms with van der Waals surface area (Å²) >= 11 is 0. The maximum absolute atomic E-state index is 11.7. The summed E-state index contributed by atoms with van der Waals surface area (Å²) in [4.78, 5) is 19.8. The fraction of sp³-hybridized carbons (Fsp3) is 0.545. The second kappa shape index (κ2) is 6.05. The maximum atomic E-state index is 11.7. The van der Waals surface area contributed by atoms with Crippen molar-refractivity contribution in [2.45, 2.75) is 32.7 Å². The molecule has 0 atom stereocenters. The third kappa shape index (κ3) is 3.18. The minimum Gasteiger partial charge on any atom is -0.372 e. The van der Waals surface area contributed by atoms with E-state index < -0.39 is 0 Å². The van der Waals surface area contributed by atoms with E-state index in [1.807, 2.05) is 13.8 Å². The van der Waals surface area contributed by atoms with Crippen molar-refractivity contribution in [2.75, 3.05) is 12.4 Å². The van der Waals surface area contributed by atoms with Gasteiger partial charge in [0.25, 0.3) is 5.91 Å². The lowest BCUT2D eigenvalue weighted by molar-refractivity contribution is 0.0929. The summed E-state index contributed by atoms with van der Waals surface area (Å²) in [5.41, 5.74) is 0.353. The van der Waals surface area contributed by atoms with Gasteiger partial charge in [0.1, 0.15) is 11.5 Å². The van der Waals surface area contributed by atoms with Crippen LogP contribution in [0.3, 0.4) is 0 Å². The van der Waals surface area contributed by atoms with Crippen molar-refractivity contribution in [3.8, 4) is 0 Å². The van der Waals surface area contributed by atoms with Crippen LogP contribution in [0.15, 0.2) is 12.4 Å². The van der Waals surface area contributed by atoms with Crippen molar-refractivity contribution in [3.05, 3.63) is 18.1 Å². The Morgan fingerprint density at radius 1 is 1.31 bits per heavy atom. The fourth-order valence-corrected chi connectivity index (χ4v) is 1.33. The summed E-state index contributed by atoms with van der Waals surface area (Å²) in [7, 11) is 1.76. The van der Waals surface area contributed by atoms with Gasteiger partial charge in [-0.3, -0.25) is 4.79 Å². The molecule has 0 spiro atoms. The lowest BCUT2D eigenvalue weighted by Gasteiger charge is -2.13. The Bertz CT molecular complexity index is 332. The number of aromatic nitrogens is 2. The SMILES string of the molecule is CCC(CC)NC(=O)c1cnc(NC)cn1. The maximum Gasteiger partial charge on any atom is 0.271 e. The Labute approximate surface area is 95.7 Å². The van der Waals surface area contributed by atoms with E-state index in [9.17, 15) is 4.79 Å². The van der Waals surface area contributed by atoms with Gasteiger partial charge in [-0.05, 0) is 12.8 Å². The third-order valence-electron chi connectivity index (χ3n) is 2.46. The molecule has 2 N–H and O–H groups in total. The topological polar surface area (TPSA) is 66.9 Å². The van der Waals surface area contributed by atoms with Crippen LogP contribution in [-0.4, -0.2) is 29.0 Å². The molecule has 0 saturated carbocycles. The first-order chi connectivity index (χ1) is 7.71. The van der Waals surface area contributed by atoms with Crippen molar-refractivity contribution in [1.82, 2.24) is 15.3 Å². The van der Waals surface area contributed by atoms with Crippen LogP contribution >= 0.6 is 0 Å². The van der Waals surface area contributed by atoms with E-state index in [0.29, 0.717) is 11.5 Å². The molecule has 0 aliphatic rings. The summed E-state index contributed by atoms with van der Waals surface area (Å²) in [6.07, 6.45) is 4.86. The van der Waals surface area contributed by atoms with Gasteiger partial charge in [-0.25, -0.2) is 9.97 Å². The molecule has 0 bridgehead atoms. The van der Waals surface area contributed by atoms with Gasteiger partial charge >= 0.3 is 0 Å². The van der Waals surface area contributed by atoms with Crippen LogP contribution in [0.2, 0.25) is 0 Å². The number of nitrogens with zero attached hydrogens (tertiary/aromatic N) is 2. The lowest BCUT2D eigenvalue weighted by atomic mass is 10.1. The summed E-state index contributed by atoms with van der Waals surface area (Å²) < 4.78 is 0. The van der Waals surface area contributed by atoms with Gasteiger partial charge in [0.05, 0.1) is 12.4 Å². The molecule has 0 aromatic carbocycles. The number of carbonyl (C=O) groups is 1. The van der Waals surface area contributed by atoms with Crippen molar-refractivity contribution in [2.24, 2.45) is 0 Å². The Hall–Kier alpha value is -1.65. The summed E-state index contributed by atoms with van der Waals surface area (Å²) in [6.45, 7) is 4.09. The predicted octanol–water partition coefficient (Wildman–Crippen LogP) is 1.44. The summed E-state index contributed by atoms with van der Waals surface area (Å²) in [5, 5.41) is 5.76. The first-order valence-electron chi connectivity index (χ1n) is 5.51. The molecule has 5 heteroatoms. The van der Waals surface area contributed by atoms with E-state index in [0.717, 1.165) is 12.8 Å². The van der Waals surface area contributed by atoms with Crippen molar-refractivity contribution in [1.29, 1.82) is 0 Å². The normalized spacial score (nSPS) is 10.2. The van der Waals surface area contributed by atoms with E-state index in [4.69, 9.17) is 0 Å². The highest BCUT2D eigenvalue weighted by Gasteiger charge is 2.11. The van der Waals surface area contributed by atoms with E-state index in [1.165, 1.54) is 6.20 Å². The molecule has 0 radical (unpaired) electrons. The number of rotatable bonds is 5. The Morgan fingerprint density at radius 2 is 2.00 bits per heavy atom. The molecular formula is C11H18N4O. The van der Waals surface area contributed by atoms with Crippen LogP contribution in [0.25, 0.3) is 0 Å². The minimum atomic E-state index is -0.163. The van der Waals surface area contributed by atoms with E-state index in [1.54, 1.807) is 13.2 Å². The van der Waals surface area contributed by atoms with Crippen molar-refractivity contribution >= 4 is 11.7 Å². The second-order valence-electron chi connectivity index (χ2n) is 3.52. The van der Waals surface area contributed by atoms with Gasteiger partial charge in [0.2, 0.25) is 0 Å². The molecule has 5 nitrogen and oxygen atoms in total. The second-order valence-corrected chi connectivity index (χ2v) is 3.52. The molecule has 1 amide bonds. The van der Waals surface area contributed by atoms with Crippen LogP contribution in [-0.2, 0) is 0 Å². The van der Waals surface area contributed by atoms with Gasteiger partial charge in [-0.2, -0.15) is 0 Å². The summed E-state index contributed by atoms with van der Waals surface area (Å²) in [6, 6.07) is 0.207. The number of anilines is 1. The van der Waals surface area contributed by atoms with E-state index in [-0.39, 0.29) is 11.9 Å². The molecule has 0 saturated heterocycles. The zero-order valence-electron chi connectivity index (χ0n) is 9.95. The lowest BCUT2D eigenvalue weighted by Crippen LogP contribution is -2.34. The molecular weight excluding hydrogens is 204 g/mol. The number of hydrogen-bond donors (Lipinski definition) is 2. The smallest absolute Gasteiger partial charge is 0.271 e. The van der Waals surface area contributed by atoms with Crippen LogP contribution in [0.4, 0.5) is 5.82 Å². The zero-order valence-corrected chi connectivity index (χ0v) is 9.95. The Kier molecular flexibility index (Phi) is 4.69. The molecule has 1 heterocycles. The zero-order chi connectivity index (χ0) is 12.0. The first-order valence-corrected chi connectivity index (χ1v) is 5.51. The molecule has 88 valence electrons. The van der Waals surface area contributed by atoms with E-state index >= 15 is 0 Å². The number of hydrogen-bond acceptors (Lipinski definition) is 4. The average Bonchev–Trinajstić information content (AvgIpc) is 2.35. The van der Waals surface area contributed by atoms with Gasteiger partial charge in [0, 0.05) is 13.1 Å². The van der Waals surface area contributed by atoms with Gasteiger partial charge < -0.3 is 10.6 Å².